The minimum Gasteiger partial charge on any atom is -0.394 e. The smallest absolute Gasteiger partial charge is 0.261 e. The van der Waals surface area contributed by atoms with Gasteiger partial charge in [0, 0.05) is 11.1 Å². The van der Waals surface area contributed by atoms with E-state index in [9.17, 15) is 4.79 Å². The molecule has 0 bridgehead atoms. The van der Waals surface area contributed by atoms with Crippen molar-refractivity contribution in [2.75, 3.05) is 18.5 Å². The third-order valence-electron chi connectivity index (χ3n) is 4.66. The number of nitrogens with one attached hydrogen (secondary N) is 2. The fourth-order valence-electron chi connectivity index (χ4n) is 3.00. The Labute approximate surface area is 176 Å². The quantitative estimate of drug-likeness (QED) is 0.364. The van der Waals surface area contributed by atoms with Gasteiger partial charge in [-0.05, 0) is 36.8 Å². The van der Waals surface area contributed by atoms with Crippen molar-refractivity contribution in [1.29, 1.82) is 0 Å². The van der Waals surface area contributed by atoms with E-state index in [1.54, 1.807) is 16.9 Å². The highest BCUT2D eigenvalue weighted by atomic mass is 32.1. The number of carbonyl (C=O) groups excluding carboxylic acids is 1. The highest BCUT2D eigenvalue weighted by Crippen LogP contribution is 2.25. The van der Waals surface area contributed by atoms with Crippen LogP contribution in [0.2, 0.25) is 0 Å². The molecule has 0 aliphatic carbocycles. The van der Waals surface area contributed by atoms with Gasteiger partial charge in [-0.3, -0.25) is 4.79 Å². The number of benzene rings is 1. The second-order valence-corrected chi connectivity index (χ2v) is 7.71. The van der Waals surface area contributed by atoms with Gasteiger partial charge < -0.3 is 20.8 Å². The predicted molar refractivity (Wildman–Crippen MR) is 117 cm³/mol. The summed E-state index contributed by atoms with van der Waals surface area (Å²) in [6.07, 6.45) is 1.68. The Hall–Kier alpha value is -3.27. The number of pyridine rings is 1. The van der Waals surface area contributed by atoms with E-state index in [1.807, 2.05) is 48.7 Å². The molecule has 8 nitrogen and oxygen atoms in total. The lowest BCUT2D eigenvalue weighted by molar-refractivity contribution is 0.0883. The molecular formula is C21H21N5O3S. The molecule has 0 radical (unpaired) electrons. The summed E-state index contributed by atoms with van der Waals surface area (Å²) in [5, 5.41) is 30.4. The summed E-state index contributed by atoms with van der Waals surface area (Å²) in [6, 6.07) is 12.9. The van der Waals surface area contributed by atoms with Crippen LogP contribution < -0.4 is 10.6 Å². The lowest BCUT2D eigenvalue weighted by Crippen LogP contribution is -2.39. The predicted octanol–water partition coefficient (Wildman–Crippen LogP) is 2.62. The summed E-state index contributed by atoms with van der Waals surface area (Å²) in [5.41, 5.74) is 4.41. The number of hydrogen-bond donors (Lipinski definition) is 4. The molecule has 4 aromatic rings. The molecule has 0 unspecified atom stereocenters. The summed E-state index contributed by atoms with van der Waals surface area (Å²) in [6.45, 7) is 1.39. The third kappa shape index (κ3) is 4.04. The number of fused-ring (bicyclic) bond motifs is 1. The molecule has 3 aromatic heterocycles. The molecule has 1 amide bonds. The van der Waals surface area contributed by atoms with Crippen molar-refractivity contribution < 1.29 is 15.0 Å². The Kier molecular flexibility index (Phi) is 5.75. The molecule has 3 heterocycles. The molecule has 30 heavy (non-hydrogen) atoms. The van der Waals surface area contributed by atoms with Crippen molar-refractivity contribution in [2.45, 2.75) is 13.0 Å². The van der Waals surface area contributed by atoms with Crippen LogP contribution in [-0.2, 0) is 0 Å². The largest absolute Gasteiger partial charge is 0.394 e. The van der Waals surface area contributed by atoms with Gasteiger partial charge in [0.25, 0.3) is 5.91 Å². The third-order valence-corrected chi connectivity index (χ3v) is 5.58. The van der Waals surface area contributed by atoms with E-state index in [4.69, 9.17) is 10.2 Å². The van der Waals surface area contributed by atoms with Crippen LogP contribution in [0.1, 0.15) is 15.2 Å². The van der Waals surface area contributed by atoms with Gasteiger partial charge in [-0.25, -0.2) is 9.67 Å². The van der Waals surface area contributed by atoms with Gasteiger partial charge in [0.2, 0.25) is 0 Å². The average molecular weight is 423 g/mol. The Morgan fingerprint density at radius 1 is 1.20 bits per heavy atom. The number of aromatic nitrogens is 3. The monoisotopic (exact) mass is 423 g/mol. The first-order valence-corrected chi connectivity index (χ1v) is 10.3. The number of hydrogen-bond acceptors (Lipinski definition) is 7. The molecule has 9 heteroatoms. The zero-order valence-corrected chi connectivity index (χ0v) is 17.1. The number of aliphatic hydroxyl groups excluding tert-OH is 2. The molecule has 0 fully saturated rings. The van der Waals surface area contributed by atoms with Crippen LogP contribution in [0.25, 0.3) is 16.7 Å². The Morgan fingerprint density at radius 2 is 2.00 bits per heavy atom. The van der Waals surface area contributed by atoms with E-state index in [0.717, 1.165) is 33.8 Å². The van der Waals surface area contributed by atoms with Crippen LogP contribution in [0.4, 0.5) is 11.5 Å². The van der Waals surface area contributed by atoms with Crippen molar-refractivity contribution in [1.82, 2.24) is 20.1 Å². The van der Waals surface area contributed by atoms with Gasteiger partial charge in [-0.2, -0.15) is 5.10 Å². The second-order valence-electron chi connectivity index (χ2n) is 6.80. The first kappa shape index (κ1) is 20.0. The molecule has 0 aliphatic rings. The molecule has 4 rings (SSSR count). The molecule has 0 aliphatic heterocycles. The van der Waals surface area contributed by atoms with Crippen LogP contribution in [0, 0.1) is 6.92 Å². The molecule has 0 saturated carbocycles. The fraction of sp³-hybridized carbons (Fsp3) is 0.190. The van der Waals surface area contributed by atoms with Crippen molar-refractivity contribution in [2.24, 2.45) is 0 Å². The van der Waals surface area contributed by atoms with Gasteiger partial charge in [-0.1, -0.05) is 18.2 Å². The van der Waals surface area contributed by atoms with Gasteiger partial charge in [0.1, 0.15) is 11.3 Å². The molecule has 0 atom stereocenters. The number of aliphatic hydroxyl groups is 2. The normalized spacial score (nSPS) is 11.2. The molecule has 0 saturated heterocycles. The number of anilines is 2. The summed E-state index contributed by atoms with van der Waals surface area (Å²) in [4.78, 5) is 17.4. The van der Waals surface area contributed by atoms with Gasteiger partial charge in [0.15, 0.2) is 0 Å². The van der Waals surface area contributed by atoms with E-state index in [2.05, 4.69) is 20.7 Å². The van der Waals surface area contributed by atoms with E-state index >= 15 is 0 Å². The highest BCUT2D eigenvalue weighted by Gasteiger charge is 2.16. The van der Waals surface area contributed by atoms with Crippen molar-refractivity contribution in [3.63, 3.8) is 0 Å². The average Bonchev–Trinajstić information content (AvgIpc) is 3.40. The van der Waals surface area contributed by atoms with E-state index in [-0.39, 0.29) is 19.1 Å². The van der Waals surface area contributed by atoms with Crippen LogP contribution in [0.15, 0.2) is 54.0 Å². The molecular weight excluding hydrogens is 402 g/mol. The fourth-order valence-corrected chi connectivity index (χ4v) is 3.78. The molecule has 4 N–H and O–H groups in total. The SMILES string of the molecule is Cc1ccccc1Nc1ccc2c(cnn2-c2csc(C(=O)NC(CO)CO)c2)n1. The van der Waals surface area contributed by atoms with Gasteiger partial charge in [0.05, 0.1) is 41.5 Å². The summed E-state index contributed by atoms with van der Waals surface area (Å²) < 4.78 is 1.72. The summed E-state index contributed by atoms with van der Waals surface area (Å²) >= 11 is 1.27. The first-order chi connectivity index (χ1) is 14.6. The lowest BCUT2D eigenvalue weighted by atomic mass is 10.2. The second kappa shape index (κ2) is 8.62. The minimum atomic E-state index is -0.683. The maximum Gasteiger partial charge on any atom is 0.261 e. The zero-order valence-electron chi connectivity index (χ0n) is 16.2. The maximum atomic E-state index is 12.3. The van der Waals surface area contributed by atoms with Gasteiger partial charge >= 0.3 is 0 Å². The number of carbonyl (C=O) groups is 1. The lowest BCUT2D eigenvalue weighted by Gasteiger charge is -2.11. The maximum absolute atomic E-state index is 12.3. The van der Waals surface area contributed by atoms with Crippen LogP contribution in [-0.4, -0.2) is 50.1 Å². The Bertz CT molecular complexity index is 1180. The molecule has 0 spiro atoms. The number of nitrogens with zero attached hydrogens (tertiary/aromatic N) is 3. The van der Waals surface area contributed by atoms with E-state index < -0.39 is 6.04 Å². The van der Waals surface area contributed by atoms with E-state index in [1.165, 1.54) is 11.3 Å². The molecule has 154 valence electrons. The Balaban J connectivity index is 1.57. The zero-order chi connectivity index (χ0) is 21.1. The van der Waals surface area contributed by atoms with Crippen molar-refractivity contribution in [3.05, 3.63) is 64.5 Å². The van der Waals surface area contributed by atoms with Crippen LogP contribution >= 0.6 is 11.3 Å². The summed E-state index contributed by atoms with van der Waals surface area (Å²) in [7, 11) is 0. The summed E-state index contributed by atoms with van der Waals surface area (Å²) in [5.74, 6) is 0.374. The van der Waals surface area contributed by atoms with Gasteiger partial charge in [-0.15, -0.1) is 11.3 Å². The highest BCUT2D eigenvalue weighted by molar-refractivity contribution is 7.12. The van der Waals surface area contributed by atoms with Crippen LogP contribution in [0.3, 0.4) is 0 Å². The molecule has 1 aromatic carbocycles. The number of rotatable bonds is 7. The number of thiophene rings is 1. The van der Waals surface area contributed by atoms with Crippen molar-refractivity contribution >= 4 is 39.8 Å². The number of para-hydroxylation sites is 1. The van der Waals surface area contributed by atoms with E-state index in [0.29, 0.717) is 4.88 Å². The number of aryl methyl sites for hydroxylation is 1. The number of amides is 1. The minimum absolute atomic E-state index is 0.325. The first-order valence-electron chi connectivity index (χ1n) is 9.38. The van der Waals surface area contributed by atoms with Crippen LogP contribution in [0.5, 0.6) is 0 Å². The standard InChI is InChI=1S/C21H21N5O3S/c1-13-4-2-3-5-16(13)24-20-7-6-18-17(25-20)9-22-26(18)15-8-19(30-12-15)21(29)23-14(10-27)11-28/h2-9,12,14,27-28H,10-11H2,1H3,(H,23,29)(H,24,25). The Morgan fingerprint density at radius 3 is 2.77 bits per heavy atom. The van der Waals surface area contributed by atoms with Crippen molar-refractivity contribution in [3.8, 4) is 5.69 Å². The topological polar surface area (TPSA) is 112 Å².